The van der Waals surface area contributed by atoms with Crippen molar-refractivity contribution in [1.29, 1.82) is 0 Å². The molecule has 0 aliphatic heterocycles. The first-order chi connectivity index (χ1) is 11.5. The Hall–Kier alpha value is -2.04. The third-order valence-corrected chi connectivity index (χ3v) is 5.56. The number of nitrogens with two attached hydrogens (primary N) is 1. The molecule has 4 N–H and O–H groups in total. The maximum Gasteiger partial charge on any atom is 0.315 e. The van der Waals surface area contributed by atoms with Crippen LogP contribution >= 0.6 is 0 Å². The molecule has 0 heterocycles. The van der Waals surface area contributed by atoms with Gasteiger partial charge < -0.3 is 16.4 Å². The van der Waals surface area contributed by atoms with Gasteiger partial charge in [-0.3, -0.25) is 4.79 Å². The van der Waals surface area contributed by atoms with Crippen molar-refractivity contribution in [2.24, 2.45) is 23.5 Å². The largest absolute Gasteiger partial charge is 0.368 e. The van der Waals surface area contributed by atoms with Crippen molar-refractivity contribution in [2.75, 3.05) is 0 Å². The molecule has 3 unspecified atom stereocenters. The van der Waals surface area contributed by atoms with Crippen LogP contribution in [-0.4, -0.2) is 24.0 Å². The monoisotopic (exact) mass is 329 g/mol. The zero-order valence-electron chi connectivity index (χ0n) is 14.4. The number of nitrogens with one attached hydrogen (secondary N) is 2. The molecule has 3 amide bonds. The number of amides is 3. The Morgan fingerprint density at radius 1 is 1.08 bits per heavy atom. The summed E-state index contributed by atoms with van der Waals surface area (Å²) in [5.41, 5.74) is 8.21. The summed E-state index contributed by atoms with van der Waals surface area (Å²) in [6.45, 7) is 3.75. The van der Waals surface area contributed by atoms with E-state index in [-0.39, 0.29) is 18.0 Å². The van der Waals surface area contributed by atoms with Crippen LogP contribution in [0.4, 0.5) is 4.79 Å². The molecule has 1 fully saturated rings. The first-order valence-corrected chi connectivity index (χ1v) is 8.89. The van der Waals surface area contributed by atoms with E-state index in [2.05, 4.69) is 34.9 Å². The Kier molecular flexibility index (Phi) is 4.78. The van der Waals surface area contributed by atoms with Crippen LogP contribution in [0.25, 0.3) is 0 Å². The number of carbonyl (C=O) groups is 2. The van der Waals surface area contributed by atoms with Crippen LogP contribution in [0.5, 0.6) is 0 Å². The summed E-state index contributed by atoms with van der Waals surface area (Å²) in [4.78, 5) is 23.9. The zero-order chi connectivity index (χ0) is 17.3. The predicted molar refractivity (Wildman–Crippen MR) is 93.3 cm³/mol. The van der Waals surface area contributed by atoms with E-state index in [0.717, 1.165) is 25.7 Å². The molecule has 130 valence electrons. The topological polar surface area (TPSA) is 84.2 Å². The number of primary amides is 1. The van der Waals surface area contributed by atoms with Crippen molar-refractivity contribution in [2.45, 2.75) is 51.6 Å². The molecule has 5 heteroatoms. The van der Waals surface area contributed by atoms with E-state index < -0.39 is 11.9 Å². The Bertz CT molecular complexity index is 596. The fourth-order valence-electron chi connectivity index (χ4n) is 4.29. The minimum atomic E-state index is -0.634. The van der Waals surface area contributed by atoms with Gasteiger partial charge in [-0.05, 0) is 54.6 Å². The van der Waals surface area contributed by atoms with E-state index in [4.69, 9.17) is 5.73 Å². The van der Waals surface area contributed by atoms with Gasteiger partial charge in [0.25, 0.3) is 0 Å². The van der Waals surface area contributed by atoms with Crippen molar-refractivity contribution in [3.8, 4) is 0 Å². The summed E-state index contributed by atoms with van der Waals surface area (Å²) in [7, 11) is 0. The normalized spacial score (nSPS) is 26.4. The summed E-state index contributed by atoms with van der Waals surface area (Å²) in [5, 5.41) is 5.89. The third-order valence-electron chi connectivity index (χ3n) is 5.56. The second-order valence-corrected chi connectivity index (χ2v) is 7.54. The summed E-state index contributed by atoms with van der Waals surface area (Å²) in [6, 6.07) is 7.84. The minimum Gasteiger partial charge on any atom is -0.368 e. The maximum atomic E-state index is 12.4. The van der Waals surface area contributed by atoms with Crippen molar-refractivity contribution in [1.82, 2.24) is 10.6 Å². The van der Waals surface area contributed by atoms with E-state index in [1.165, 1.54) is 11.1 Å². The van der Waals surface area contributed by atoms with Crippen molar-refractivity contribution in [3.63, 3.8) is 0 Å². The van der Waals surface area contributed by atoms with Gasteiger partial charge in [0.15, 0.2) is 0 Å². The van der Waals surface area contributed by atoms with Crippen LogP contribution in [0.1, 0.15) is 37.8 Å². The highest BCUT2D eigenvalue weighted by Crippen LogP contribution is 2.39. The molecule has 5 nitrogen and oxygen atoms in total. The molecule has 0 saturated heterocycles. The van der Waals surface area contributed by atoms with Crippen LogP contribution in [0.2, 0.25) is 0 Å². The second-order valence-electron chi connectivity index (χ2n) is 7.54. The molecule has 2 bridgehead atoms. The lowest BCUT2D eigenvalue weighted by Gasteiger charge is -2.26. The second kappa shape index (κ2) is 6.83. The van der Waals surface area contributed by atoms with E-state index in [1.54, 1.807) is 0 Å². The number of hydrogen-bond acceptors (Lipinski definition) is 2. The number of hydrogen-bond donors (Lipinski definition) is 3. The molecule has 24 heavy (non-hydrogen) atoms. The molecule has 1 saturated carbocycles. The molecule has 3 rings (SSSR count). The number of urea groups is 1. The van der Waals surface area contributed by atoms with E-state index in [1.807, 2.05) is 13.8 Å². The number of rotatable bonds is 4. The van der Waals surface area contributed by atoms with E-state index in [9.17, 15) is 9.59 Å². The number of carbonyl (C=O) groups excluding carboxylic acids is 2. The fraction of sp³-hybridized carbons (Fsp3) is 0.579. The molecule has 0 radical (unpaired) electrons. The van der Waals surface area contributed by atoms with Crippen molar-refractivity contribution >= 4 is 11.9 Å². The van der Waals surface area contributed by atoms with Crippen LogP contribution in [0.3, 0.4) is 0 Å². The first-order valence-electron chi connectivity index (χ1n) is 8.89. The lowest BCUT2D eigenvalue weighted by molar-refractivity contribution is -0.120. The van der Waals surface area contributed by atoms with Crippen LogP contribution < -0.4 is 16.4 Å². The summed E-state index contributed by atoms with van der Waals surface area (Å²) in [6.07, 6.45) is 4.32. The molecule has 1 aromatic carbocycles. The average Bonchev–Trinajstić information content (AvgIpc) is 2.79. The lowest BCUT2D eigenvalue weighted by Crippen LogP contribution is -2.54. The van der Waals surface area contributed by atoms with Crippen LogP contribution in [0, 0.1) is 17.8 Å². The summed E-state index contributed by atoms with van der Waals surface area (Å²) >= 11 is 0. The van der Waals surface area contributed by atoms with Crippen LogP contribution in [-0.2, 0) is 17.6 Å². The smallest absolute Gasteiger partial charge is 0.315 e. The highest BCUT2D eigenvalue weighted by molar-refractivity contribution is 5.86. The highest BCUT2D eigenvalue weighted by atomic mass is 16.2. The van der Waals surface area contributed by atoms with E-state index in [0.29, 0.717) is 11.8 Å². The Balaban J connectivity index is 1.68. The molecule has 2 aliphatic carbocycles. The molecule has 1 aromatic rings. The molecule has 2 aliphatic rings. The summed E-state index contributed by atoms with van der Waals surface area (Å²) < 4.78 is 0. The van der Waals surface area contributed by atoms with Gasteiger partial charge in [-0.2, -0.15) is 0 Å². The zero-order valence-corrected chi connectivity index (χ0v) is 14.4. The maximum absolute atomic E-state index is 12.4. The highest BCUT2D eigenvalue weighted by Gasteiger charge is 2.40. The SMILES string of the molecule is CC(C)C(NC(=O)NC1C2CCC1Cc1ccccc1C2)C(N)=O. The van der Waals surface area contributed by atoms with Gasteiger partial charge in [0.2, 0.25) is 5.91 Å². The standard InChI is InChI=1S/C19H27N3O2/c1-11(2)16(18(20)23)21-19(24)22-17-14-7-8-15(17)10-13-6-4-3-5-12(13)9-14/h3-6,11,14-17H,7-10H2,1-2H3,(H2,20,23)(H2,21,22,24). The van der Waals surface area contributed by atoms with Crippen LogP contribution in [0.15, 0.2) is 24.3 Å². The Labute approximate surface area is 143 Å². The third kappa shape index (κ3) is 3.40. The summed E-state index contributed by atoms with van der Waals surface area (Å²) in [5.74, 6) is 0.422. The number of fused-ring (bicyclic) bond motifs is 3. The van der Waals surface area contributed by atoms with Gasteiger partial charge in [0.05, 0.1) is 0 Å². The van der Waals surface area contributed by atoms with Gasteiger partial charge in [0, 0.05) is 6.04 Å². The average molecular weight is 329 g/mol. The van der Waals surface area contributed by atoms with Gasteiger partial charge in [-0.15, -0.1) is 0 Å². The van der Waals surface area contributed by atoms with Gasteiger partial charge in [0.1, 0.15) is 6.04 Å². The Morgan fingerprint density at radius 2 is 1.62 bits per heavy atom. The van der Waals surface area contributed by atoms with Gasteiger partial charge in [-0.1, -0.05) is 38.1 Å². The fourth-order valence-corrected chi connectivity index (χ4v) is 4.29. The molecular formula is C19H27N3O2. The molecular weight excluding hydrogens is 302 g/mol. The molecule has 0 spiro atoms. The van der Waals surface area contributed by atoms with Gasteiger partial charge >= 0.3 is 6.03 Å². The predicted octanol–water partition coefficient (Wildman–Crippen LogP) is 1.99. The minimum absolute atomic E-state index is 0.0247. The first kappa shape index (κ1) is 16.8. The molecule has 0 aromatic heterocycles. The van der Waals surface area contributed by atoms with E-state index >= 15 is 0 Å². The lowest BCUT2D eigenvalue weighted by atomic mass is 9.94. The number of benzene rings is 1. The van der Waals surface area contributed by atoms with Crippen molar-refractivity contribution in [3.05, 3.63) is 35.4 Å². The molecule has 3 atom stereocenters. The van der Waals surface area contributed by atoms with Gasteiger partial charge in [-0.25, -0.2) is 4.79 Å². The van der Waals surface area contributed by atoms with Crippen molar-refractivity contribution < 1.29 is 9.59 Å². The Morgan fingerprint density at radius 3 is 2.08 bits per heavy atom. The quantitative estimate of drug-likeness (QED) is 0.789.